The fourth-order valence-electron chi connectivity index (χ4n) is 9.24. The van der Waals surface area contributed by atoms with Gasteiger partial charge in [-0.05, 0) is 0 Å². The van der Waals surface area contributed by atoms with Gasteiger partial charge in [-0.1, -0.05) is 12.1 Å². The van der Waals surface area contributed by atoms with Gasteiger partial charge in [-0.25, -0.2) is 0 Å². The topological polar surface area (TPSA) is 38.7 Å². The Hall–Kier alpha value is -6.71. The number of benzene rings is 8. The molecule has 11 rings (SSSR count). The first-order valence-electron chi connectivity index (χ1n) is 19.8. The maximum absolute atomic E-state index is 5.14. The summed E-state index contributed by atoms with van der Waals surface area (Å²) in [6.45, 7) is 4.51. The number of rotatable bonds is 6. The molecule has 0 unspecified atom stereocenters. The van der Waals surface area contributed by atoms with Crippen LogP contribution in [0.15, 0.2) is 176 Å². The quantitative estimate of drug-likeness (QED) is 0.157. The zero-order valence-electron chi connectivity index (χ0n) is 32.2. The van der Waals surface area contributed by atoms with Crippen molar-refractivity contribution in [3.63, 3.8) is 0 Å². The fraction of sp³-hybridized carbons (Fsp3) is 0.0556. The third kappa shape index (κ3) is 5.52. The molecule has 0 amide bonds. The Morgan fingerprint density at radius 1 is 0.431 bits per heavy atom. The molecule has 0 fully saturated rings. The molecule has 0 aliphatic heterocycles. The normalized spacial score (nSPS) is 11.9. The summed E-state index contributed by atoms with van der Waals surface area (Å²) in [6, 6.07) is 63.9. The van der Waals surface area contributed by atoms with Crippen molar-refractivity contribution in [1.29, 1.82) is 0 Å². The van der Waals surface area contributed by atoms with Gasteiger partial charge in [-0.15, -0.1) is 0 Å². The van der Waals surface area contributed by atoms with E-state index in [1.165, 1.54) is 80.5 Å². The van der Waals surface area contributed by atoms with Crippen LogP contribution in [0.1, 0.15) is 22.3 Å². The molecule has 2 heterocycles. The minimum absolute atomic E-state index is 0.204. The summed E-state index contributed by atoms with van der Waals surface area (Å²) in [6.07, 6.45) is 0.848. The molecule has 274 valence electrons. The summed E-state index contributed by atoms with van der Waals surface area (Å²) in [4.78, 5) is 0. The van der Waals surface area contributed by atoms with Gasteiger partial charge in [0.25, 0.3) is 0 Å². The van der Waals surface area contributed by atoms with E-state index in [1.54, 1.807) is 0 Å². The molecule has 0 radical (unpaired) electrons. The Balaban J connectivity index is 1.29. The van der Waals surface area contributed by atoms with E-state index in [9.17, 15) is 0 Å². The molecular formula is C54H37N3Se. The molecule has 2 aromatic heterocycles. The monoisotopic (exact) mass is 807 g/mol. The molecule has 58 heavy (non-hydrogen) atoms. The SMILES string of the molecule is Cc1cc2c(c(-c3c(-c4ccccc4)nnnc3-c3cccc(-c4ccccc4-c4ccccc4)c3-c3cccc4[se]c5ccccc5c34)c1C)Cc1ccccc1-2. The molecule has 4 heteroatoms. The van der Waals surface area contributed by atoms with Crippen LogP contribution in [0.25, 0.3) is 97.4 Å². The number of hydrogen-bond acceptors (Lipinski definition) is 3. The van der Waals surface area contributed by atoms with Gasteiger partial charge in [-0.3, -0.25) is 0 Å². The van der Waals surface area contributed by atoms with Gasteiger partial charge in [0.2, 0.25) is 0 Å². The fourth-order valence-corrected chi connectivity index (χ4v) is 11.6. The Bertz CT molecular complexity index is 3220. The predicted molar refractivity (Wildman–Crippen MR) is 242 cm³/mol. The third-order valence-corrected chi connectivity index (χ3v) is 14.4. The van der Waals surface area contributed by atoms with Crippen molar-refractivity contribution in [3.05, 3.63) is 198 Å². The second-order valence-corrected chi connectivity index (χ2v) is 17.5. The van der Waals surface area contributed by atoms with E-state index in [4.69, 9.17) is 10.2 Å². The number of fused-ring (bicyclic) bond motifs is 6. The standard InChI is InChI=1S/C54H37N3Se/c1-33-31-45-39-23-10-9-21-37(39)32-46(45)49(34(33)2)52-53(36-19-7-4-8-20-36)55-57-56-54(52)44-28-15-26-41(40-24-12-11-22-38(40)35-17-5-3-6-18-35)50(44)43-27-16-30-48-51(43)42-25-13-14-29-47(42)58-48/h3-31H,32H2,1-2H3. The molecule has 0 atom stereocenters. The van der Waals surface area contributed by atoms with Gasteiger partial charge < -0.3 is 0 Å². The van der Waals surface area contributed by atoms with Gasteiger partial charge >= 0.3 is 334 Å². The van der Waals surface area contributed by atoms with Crippen molar-refractivity contribution in [3.8, 4) is 78.1 Å². The molecule has 0 N–H and O–H groups in total. The van der Waals surface area contributed by atoms with E-state index in [-0.39, 0.29) is 14.5 Å². The molecule has 8 aromatic carbocycles. The molecule has 0 spiro atoms. The van der Waals surface area contributed by atoms with Crippen LogP contribution >= 0.6 is 0 Å². The summed E-state index contributed by atoms with van der Waals surface area (Å²) < 4.78 is 2.82. The van der Waals surface area contributed by atoms with Crippen LogP contribution in [0.5, 0.6) is 0 Å². The summed E-state index contributed by atoms with van der Waals surface area (Å²) in [5.74, 6) is 0. The average molecular weight is 807 g/mol. The zero-order chi connectivity index (χ0) is 38.7. The van der Waals surface area contributed by atoms with Crippen molar-refractivity contribution < 1.29 is 0 Å². The van der Waals surface area contributed by atoms with Crippen molar-refractivity contribution in [1.82, 2.24) is 15.4 Å². The molecule has 0 saturated carbocycles. The Labute approximate surface area is 344 Å². The number of aryl methyl sites for hydroxylation is 1. The Morgan fingerprint density at radius 2 is 1.03 bits per heavy atom. The van der Waals surface area contributed by atoms with Gasteiger partial charge in [0.15, 0.2) is 0 Å². The van der Waals surface area contributed by atoms with E-state index >= 15 is 0 Å². The molecule has 10 aromatic rings. The Kier molecular flexibility index (Phi) is 8.36. The zero-order valence-corrected chi connectivity index (χ0v) is 33.9. The molecular weight excluding hydrogens is 770 g/mol. The second-order valence-electron chi connectivity index (χ2n) is 15.2. The number of nitrogens with zero attached hydrogens (tertiary/aromatic N) is 3. The van der Waals surface area contributed by atoms with Crippen LogP contribution in [-0.2, 0) is 6.42 Å². The molecule has 0 bridgehead atoms. The van der Waals surface area contributed by atoms with Crippen LogP contribution in [0.4, 0.5) is 0 Å². The van der Waals surface area contributed by atoms with Crippen LogP contribution < -0.4 is 0 Å². The molecule has 3 nitrogen and oxygen atoms in total. The molecule has 1 aliphatic rings. The van der Waals surface area contributed by atoms with Crippen LogP contribution in [0, 0.1) is 13.8 Å². The van der Waals surface area contributed by atoms with E-state index in [0.29, 0.717) is 0 Å². The first-order valence-corrected chi connectivity index (χ1v) is 21.5. The first-order chi connectivity index (χ1) is 28.6. The predicted octanol–water partition coefficient (Wildman–Crippen LogP) is 13.4. The van der Waals surface area contributed by atoms with Crippen molar-refractivity contribution in [2.45, 2.75) is 20.3 Å². The summed E-state index contributed by atoms with van der Waals surface area (Å²) in [7, 11) is 0. The number of hydrogen-bond donors (Lipinski definition) is 0. The van der Waals surface area contributed by atoms with Crippen LogP contribution in [-0.4, -0.2) is 29.9 Å². The average Bonchev–Trinajstić information content (AvgIpc) is 3.85. The van der Waals surface area contributed by atoms with Crippen LogP contribution in [0.2, 0.25) is 0 Å². The van der Waals surface area contributed by atoms with Crippen LogP contribution in [0.3, 0.4) is 0 Å². The number of aromatic nitrogens is 3. The van der Waals surface area contributed by atoms with E-state index < -0.39 is 0 Å². The molecule has 0 saturated heterocycles. The van der Waals surface area contributed by atoms with Crippen molar-refractivity contribution in [2.75, 3.05) is 0 Å². The summed E-state index contributed by atoms with van der Waals surface area (Å²) >= 11 is 0.204. The molecule has 1 aliphatic carbocycles. The third-order valence-electron chi connectivity index (χ3n) is 12.0. The van der Waals surface area contributed by atoms with E-state index in [0.717, 1.165) is 45.6 Å². The van der Waals surface area contributed by atoms with Crippen molar-refractivity contribution in [2.24, 2.45) is 0 Å². The summed E-state index contributed by atoms with van der Waals surface area (Å²) in [5.41, 5.74) is 20.8. The van der Waals surface area contributed by atoms with E-state index in [2.05, 4.69) is 195 Å². The van der Waals surface area contributed by atoms with E-state index in [1.807, 2.05) is 0 Å². The van der Waals surface area contributed by atoms with Gasteiger partial charge in [0.1, 0.15) is 0 Å². The van der Waals surface area contributed by atoms with Crippen molar-refractivity contribution >= 4 is 33.8 Å². The first kappa shape index (κ1) is 34.5. The second kappa shape index (κ2) is 14.0. The summed E-state index contributed by atoms with van der Waals surface area (Å²) in [5, 5.41) is 17.3. The van der Waals surface area contributed by atoms with Gasteiger partial charge in [-0.2, -0.15) is 0 Å². The Morgan fingerprint density at radius 3 is 1.86 bits per heavy atom. The van der Waals surface area contributed by atoms with Gasteiger partial charge in [0.05, 0.1) is 0 Å². The van der Waals surface area contributed by atoms with Gasteiger partial charge in [0, 0.05) is 0 Å². The maximum atomic E-state index is 5.14. The minimum atomic E-state index is 0.204.